The second-order valence-electron chi connectivity index (χ2n) is 6.04. The van der Waals surface area contributed by atoms with Gasteiger partial charge in [0.15, 0.2) is 0 Å². The summed E-state index contributed by atoms with van der Waals surface area (Å²) in [5, 5.41) is 3.70. The van der Waals surface area contributed by atoms with Crippen LogP contribution in [-0.2, 0) is 0 Å². The van der Waals surface area contributed by atoms with Crippen LogP contribution in [0.5, 0.6) is 0 Å². The van der Waals surface area contributed by atoms with Crippen molar-refractivity contribution in [2.24, 2.45) is 5.92 Å². The zero-order chi connectivity index (χ0) is 13.9. The molecule has 1 saturated heterocycles. The highest BCUT2D eigenvalue weighted by Gasteiger charge is 2.23. The van der Waals surface area contributed by atoms with Gasteiger partial charge in [-0.3, -0.25) is 0 Å². The van der Waals surface area contributed by atoms with Gasteiger partial charge in [0.2, 0.25) is 17.2 Å². The van der Waals surface area contributed by atoms with Gasteiger partial charge in [0.1, 0.15) is 0 Å². The number of rotatable bonds is 3. The molecule has 0 amide bonds. The van der Waals surface area contributed by atoms with Gasteiger partial charge in [-0.1, -0.05) is 6.92 Å². The predicted octanol–water partition coefficient (Wildman–Crippen LogP) is 3.12. The van der Waals surface area contributed by atoms with Crippen molar-refractivity contribution in [3.63, 3.8) is 0 Å². The lowest BCUT2D eigenvalue weighted by Gasteiger charge is -2.26. The summed E-state index contributed by atoms with van der Waals surface area (Å²) < 4.78 is 0. The number of nitrogens with zero attached hydrogens (tertiary/aromatic N) is 4. The minimum Gasteiger partial charge on any atom is -0.351 e. The van der Waals surface area contributed by atoms with Gasteiger partial charge in [-0.2, -0.15) is 15.0 Å². The van der Waals surface area contributed by atoms with Gasteiger partial charge in [-0.15, -0.1) is 0 Å². The molecule has 1 aromatic rings. The molecule has 2 atom stereocenters. The van der Waals surface area contributed by atoms with Gasteiger partial charge in [0.25, 0.3) is 0 Å². The summed E-state index contributed by atoms with van der Waals surface area (Å²) in [5.41, 5.74) is 0. The minimum atomic E-state index is 0.286. The monoisotopic (exact) mass is 295 g/mol. The first kappa shape index (κ1) is 13.9. The fourth-order valence-electron chi connectivity index (χ4n) is 3.16. The largest absolute Gasteiger partial charge is 0.351 e. The van der Waals surface area contributed by atoms with Crippen LogP contribution in [0.3, 0.4) is 0 Å². The fraction of sp³-hybridized carbons (Fsp3) is 0.786. The van der Waals surface area contributed by atoms with Crippen LogP contribution in [0.2, 0.25) is 5.28 Å². The van der Waals surface area contributed by atoms with E-state index < -0.39 is 0 Å². The summed E-state index contributed by atoms with van der Waals surface area (Å²) in [7, 11) is 0. The van der Waals surface area contributed by atoms with Crippen molar-refractivity contribution in [3.8, 4) is 0 Å². The Kier molecular flexibility index (Phi) is 4.24. The molecule has 1 aromatic heterocycles. The van der Waals surface area contributed by atoms with Crippen molar-refractivity contribution >= 4 is 23.5 Å². The number of nitrogens with one attached hydrogen (secondary N) is 1. The van der Waals surface area contributed by atoms with E-state index in [0.717, 1.165) is 25.0 Å². The number of halogens is 1. The summed E-state index contributed by atoms with van der Waals surface area (Å²) in [6.07, 6.45) is 7.33. The summed E-state index contributed by atoms with van der Waals surface area (Å²) in [5.74, 6) is 2.13. The number of hydrogen-bond donors (Lipinski definition) is 1. The van der Waals surface area contributed by atoms with E-state index in [1.54, 1.807) is 0 Å². The Morgan fingerprint density at radius 1 is 1.10 bits per heavy atom. The van der Waals surface area contributed by atoms with E-state index in [0.29, 0.717) is 12.0 Å². The third kappa shape index (κ3) is 3.32. The topological polar surface area (TPSA) is 53.9 Å². The Morgan fingerprint density at radius 2 is 1.90 bits per heavy atom. The Hall–Kier alpha value is -1.10. The lowest BCUT2D eigenvalue weighted by molar-refractivity contribution is 0.567. The highest BCUT2D eigenvalue weighted by Crippen LogP contribution is 2.27. The van der Waals surface area contributed by atoms with Crippen LogP contribution in [-0.4, -0.2) is 34.1 Å². The predicted molar refractivity (Wildman–Crippen MR) is 81.3 cm³/mol. The number of aromatic nitrogens is 3. The van der Waals surface area contributed by atoms with Crippen molar-refractivity contribution in [1.82, 2.24) is 15.0 Å². The van der Waals surface area contributed by atoms with Crippen molar-refractivity contribution < 1.29 is 0 Å². The van der Waals surface area contributed by atoms with E-state index in [1.807, 2.05) is 0 Å². The molecule has 1 aliphatic carbocycles. The van der Waals surface area contributed by atoms with Gasteiger partial charge >= 0.3 is 0 Å². The lowest BCUT2D eigenvalue weighted by Crippen LogP contribution is -2.31. The van der Waals surface area contributed by atoms with Gasteiger partial charge in [-0.05, 0) is 56.0 Å². The molecule has 1 N–H and O–H groups in total. The minimum absolute atomic E-state index is 0.286. The molecule has 0 aromatic carbocycles. The maximum atomic E-state index is 6.05. The molecule has 20 heavy (non-hydrogen) atoms. The Bertz CT molecular complexity index is 461. The lowest BCUT2D eigenvalue weighted by atomic mass is 10.1. The average Bonchev–Trinajstić information content (AvgIpc) is 2.84. The Balaban J connectivity index is 1.72. The summed E-state index contributed by atoms with van der Waals surface area (Å²) in [6, 6.07) is 0.470. The molecule has 0 bridgehead atoms. The molecule has 6 heteroatoms. The molecular formula is C14H22ClN5. The number of piperidine rings is 1. The molecule has 110 valence electrons. The quantitative estimate of drug-likeness (QED) is 0.928. The molecule has 2 unspecified atom stereocenters. The van der Waals surface area contributed by atoms with E-state index in [-0.39, 0.29) is 5.28 Å². The van der Waals surface area contributed by atoms with Crippen molar-refractivity contribution in [1.29, 1.82) is 0 Å². The van der Waals surface area contributed by atoms with Gasteiger partial charge in [0, 0.05) is 19.1 Å². The third-order valence-electron chi connectivity index (χ3n) is 4.26. The van der Waals surface area contributed by atoms with Crippen molar-refractivity contribution in [2.75, 3.05) is 23.3 Å². The molecule has 1 aliphatic heterocycles. The summed E-state index contributed by atoms with van der Waals surface area (Å²) in [6.45, 7) is 4.32. The molecule has 2 fully saturated rings. The molecule has 1 saturated carbocycles. The summed E-state index contributed by atoms with van der Waals surface area (Å²) >= 11 is 6.05. The molecule has 0 radical (unpaired) electrons. The van der Waals surface area contributed by atoms with Gasteiger partial charge in [-0.25, -0.2) is 0 Å². The highest BCUT2D eigenvalue weighted by atomic mass is 35.5. The van der Waals surface area contributed by atoms with Crippen molar-refractivity contribution in [2.45, 2.75) is 51.5 Å². The maximum Gasteiger partial charge on any atom is 0.231 e. The standard InChI is InChI=1S/C14H22ClN5/c1-10-5-6-11(9-10)16-13-17-12(15)18-14(19-13)20-7-3-2-4-8-20/h10-11H,2-9H2,1H3,(H,16,17,18,19). The normalized spacial score (nSPS) is 26.8. The van der Waals surface area contributed by atoms with E-state index in [2.05, 4.69) is 32.1 Å². The van der Waals surface area contributed by atoms with Gasteiger partial charge < -0.3 is 10.2 Å². The van der Waals surface area contributed by atoms with Crippen LogP contribution in [0.1, 0.15) is 45.4 Å². The van der Waals surface area contributed by atoms with Crippen molar-refractivity contribution in [3.05, 3.63) is 5.28 Å². The van der Waals surface area contributed by atoms with E-state index in [1.165, 1.54) is 38.5 Å². The SMILES string of the molecule is CC1CCC(Nc2nc(Cl)nc(N3CCCCC3)n2)C1. The van der Waals surface area contributed by atoms with E-state index >= 15 is 0 Å². The molecule has 3 rings (SSSR count). The first-order chi connectivity index (χ1) is 9.70. The van der Waals surface area contributed by atoms with Crippen LogP contribution in [0.15, 0.2) is 0 Å². The van der Waals surface area contributed by atoms with Crippen LogP contribution >= 0.6 is 11.6 Å². The van der Waals surface area contributed by atoms with Gasteiger partial charge in [0.05, 0.1) is 0 Å². The van der Waals surface area contributed by atoms with Crippen LogP contribution in [0.4, 0.5) is 11.9 Å². The zero-order valence-corrected chi connectivity index (χ0v) is 12.7. The number of anilines is 2. The second kappa shape index (κ2) is 6.12. The zero-order valence-electron chi connectivity index (χ0n) is 12.0. The highest BCUT2D eigenvalue weighted by molar-refractivity contribution is 6.28. The molecule has 5 nitrogen and oxygen atoms in total. The van der Waals surface area contributed by atoms with E-state index in [4.69, 9.17) is 11.6 Å². The molecule has 2 aliphatic rings. The smallest absolute Gasteiger partial charge is 0.231 e. The molecular weight excluding hydrogens is 274 g/mol. The third-order valence-corrected chi connectivity index (χ3v) is 4.43. The first-order valence-corrected chi connectivity index (χ1v) is 8.01. The van der Waals surface area contributed by atoms with Crippen LogP contribution < -0.4 is 10.2 Å². The van der Waals surface area contributed by atoms with Crippen LogP contribution in [0.25, 0.3) is 0 Å². The summed E-state index contributed by atoms with van der Waals surface area (Å²) in [4.78, 5) is 15.3. The van der Waals surface area contributed by atoms with E-state index in [9.17, 15) is 0 Å². The Morgan fingerprint density at radius 3 is 2.60 bits per heavy atom. The molecule has 0 spiro atoms. The Labute approximate surface area is 125 Å². The molecule has 2 heterocycles. The first-order valence-electron chi connectivity index (χ1n) is 7.64. The fourth-order valence-corrected chi connectivity index (χ4v) is 3.32. The number of hydrogen-bond acceptors (Lipinski definition) is 5. The van der Waals surface area contributed by atoms with Crippen LogP contribution in [0, 0.1) is 5.92 Å². The maximum absolute atomic E-state index is 6.05. The average molecular weight is 296 g/mol. The second-order valence-corrected chi connectivity index (χ2v) is 6.37.